The van der Waals surface area contributed by atoms with E-state index in [-0.39, 0.29) is 0 Å². The molecule has 0 rings (SSSR count). The summed E-state index contributed by atoms with van der Waals surface area (Å²) in [5.41, 5.74) is 5.65. The zero-order chi connectivity index (χ0) is 9.40. The Morgan fingerprint density at radius 2 is 2.25 bits per heavy atom. The van der Waals surface area contributed by atoms with Crippen LogP contribution in [-0.2, 0) is 0 Å². The molecule has 0 aliphatic rings. The van der Waals surface area contributed by atoms with E-state index in [0.717, 1.165) is 6.54 Å². The maximum absolute atomic E-state index is 8.36. The number of hydrogen-bond donors (Lipinski definition) is 1. The van der Waals surface area contributed by atoms with Crippen molar-refractivity contribution < 1.29 is 0 Å². The third-order valence-electron chi connectivity index (χ3n) is 1.52. The zero-order valence-corrected chi connectivity index (χ0v) is 7.75. The van der Waals surface area contributed by atoms with Crippen molar-refractivity contribution in [3.63, 3.8) is 0 Å². The summed E-state index contributed by atoms with van der Waals surface area (Å²) in [7, 11) is 0. The van der Waals surface area contributed by atoms with Gasteiger partial charge < -0.3 is 10.6 Å². The summed E-state index contributed by atoms with van der Waals surface area (Å²) in [5.74, 6) is 0.537. The second-order valence-electron chi connectivity index (χ2n) is 2.32. The van der Waals surface area contributed by atoms with Gasteiger partial charge in [0.25, 0.3) is 0 Å². The highest BCUT2D eigenvalue weighted by atomic mass is 15.2. The van der Waals surface area contributed by atoms with Crippen LogP contribution in [0.5, 0.6) is 0 Å². The molecule has 2 N–H and O–H groups in total. The van der Waals surface area contributed by atoms with E-state index in [2.05, 4.69) is 11.1 Å². The first-order valence-electron chi connectivity index (χ1n) is 4.18. The molecule has 0 spiro atoms. The predicted molar refractivity (Wildman–Crippen MR) is 49.6 cm³/mol. The fourth-order valence-electron chi connectivity index (χ4n) is 0.882. The molecular weight excluding hydrogens is 152 g/mol. The lowest BCUT2D eigenvalue weighted by molar-refractivity contribution is 0.444. The molecule has 0 amide bonds. The second-order valence-corrected chi connectivity index (χ2v) is 2.32. The van der Waals surface area contributed by atoms with Gasteiger partial charge in [0.1, 0.15) is 0 Å². The van der Waals surface area contributed by atoms with Crippen molar-refractivity contribution in [1.82, 2.24) is 4.90 Å². The molecule has 0 unspecified atom stereocenters. The third kappa shape index (κ3) is 3.81. The van der Waals surface area contributed by atoms with Crippen LogP contribution in [0.15, 0.2) is 4.99 Å². The Morgan fingerprint density at radius 3 is 2.67 bits per heavy atom. The van der Waals surface area contributed by atoms with Crippen LogP contribution in [0.2, 0.25) is 0 Å². The molecule has 0 heterocycles. The lowest BCUT2D eigenvalue weighted by Crippen LogP contribution is -2.37. The Bertz CT molecular complexity index is 180. The van der Waals surface area contributed by atoms with Gasteiger partial charge in [-0.2, -0.15) is 5.26 Å². The molecule has 0 aromatic carbocycles. The van der Waals surface area contributed by atoms with E-state index in [1.165, 1.54) is 0 Å². The highest BCUT2D eigenvalue weighted by Crippen LogP contribution is 1.90. The molecule has 0 radical (unpaired) electrons. The first-order valence-corrected chi connectivity index (χ1v) is 4.18. The van der Waals surface area contributed by atoms with Crippen molar-refractivity contribution in [2.75, 3.05) is 19.6 Å². The Labute approximate surface area is 73.7 Å². The molecule has 4 nitrogen and oxygen atoms in total. The average Bonchev–Trinajstić information content (AvgIpc) is 2.06. The summed E-state index contributed by atoms with van der Waals surface area (Å²) in [5, 5.41) is 8.36. The Kier molecular flexibility index (Phi) is 5.80. The van der Waals surface area contributed by atoms with Crippen molar-refractivity contribution in [1.29, 1.82) is 5.26 Å². The van der Waals surface area contributed by atoms with Gasteiger partial charge in [-0.05, 0) is 13.8 Å². The summed E-state index contributed by atoms with van der Waals surface area (Å²) in [6.45, 7) is 6.09. The van der Waals surface area contributed by atoms with Gasteiger partial charge in [-0.25, -0.2) is 0 Å². The number of nitrogens with two attached hydrogens (primary N) is 1. The Balaban J connectivity index is 3.97. The van der Waals surface area contributed by atoms with E-state index in [1.807, 2.05) is 18.7 Å². The normalized spacial score (nSPS) is 10.9. The number of aliphatic imine (C=N–C) groups is 1. The van der Waals surface area contributed by atoms with Crippen molar-refractivity contribution >= 4 is 5.96 Å². The van der Waals surface area contributed by atoms with E-state index in [4.69, 9.17) is 11.0 Å². The monoisotopic (exact) mass is 168 g/mol. The molecule has 0 atom stereocenters. The van der Waals surface area contributed by atoms with Crippen LogP contribution >= 0.6 is 0 Å². The quantitative estimate of drug-likeness (QED) is 0.492. The minimum absolute atomic E-state index is 0.494. The number of hydrogen-bond acceptors (Lipinski definition) is 2. The molecule has 0 aliphatic heterocycles. The fourth-order valence-corrected chi connectivity index (χ4v) is 0.882. The van der Waals surface area contributed by atoms with E-state index < -0.39 is 0 Å². The second kappa shape index (κ2) is 6.47. The molecule has 4 heteroatoms. The van der Waals surface area contributed by atoms with Crippen LogP contribution in [-0.4, -0.2) is 30.5 Å². The minimum atomic E-state index is 0.494. The van der Waals surface area contributed by atoms with Crippen LogP contribution in [0.4, 0.5) is 0 Å². The van der Waals surface area contributed by atoms with E-state index in [1.54, 1.807) is 0 Å². The van der Waals surface area contributed by atoms with Gasteiger partial charge in [0.15, 0.2) is 5.96 Å². The van der Waals surface area contributed by atoms with Crippen LogP contribution in [0.3, 0.4) is 0 Å². The third-order valence-corrected chi connectivity index (χ3v) is 1.52. The molecule has 0 bridgehead atoms. The molecular formula is C8H16N4. The van der Waals surface area contributed by atoms with E-state index >= 15 is 0 Å². The van der Waals surface area contributed by atoms with Gasteiger partial charge in [-0.1, -0.05) is 0 Å². The SMILES string of the molecule is CCN=C(N)N(CC)CCC#N. The van der Waals surface area contributed by atoms with Gasteiger partial charge in [0.05, 0.1) is 12.5 Å². The van der Waals surface area contributed by atoms with Crippen LogP contribution < -0.4 is 5.73 Å². The fraction of sp³-hybridized carbons (Fsp3) is 0.750. The molecule has 0 aromatic heterocycles. The van der Waals surface area contributed by atoms with Gasteiger partial charge in [0, 0.05) is 19.6 Å². The standard InChI is InChI=1S/C8H16N4/c1-3-11-8(10)12(4-2)7-5-6-9/h3-5,7H2,1-2H3,(H2,10,11). The van der Waals surface area contributed by atoms with Crippen molar-refractivity contribution in [2.24, 2.45) is 10.7 Å². The van der Waals surface area contributed by atoms with Gasteiger partial charge in [0.2, 0.25) is 0 Å². The summed E-state index contributed by atoms with van der Waals surface area (Å²) in [6.07, 6.45) is 0.494. The summed E-state index contributed by atoms with van der Waals surface area (Å²) >= 11 is 0. The molecule has 0 fully saturated rings. The lowest BCUT2D eigenvalue weighted by Gasteiger charge is -2.19. The zero-order valence-electron chi connectivity index (χ0n) is 7.75. The van der Waals surface area contributed by atoms with Crippen molar-refractivity contribution in [3.8, 4) is 6.07 Å². The smallest absolute Gasteiger partial charge is 0.191 e. The first kappa shape index (κ1) is 10.8. The minimum Gasteiger partial charge on any atom is -0.370 e. The Hall–Kier alpha value is -1.24. The molecule has 12 heavy (non-hydrogen) atoms. The predicted octanol–water partition coefficient (Wildman–Crippen LogP) is 0.557. The topological polar surface area (TPSA) is 65.4 Å². The highest BCUT2D eigenvalue weighted by Gasteiger charge is 2.02. The van der Waals surface area contributed by atoms with Crippen LogP contribution in [0, 0.1) is 11.3 Å². The molecule has 68 valence electrons. The van der Waals surface area contributed by atoms with Gasteiger partial charge in [-0.3, -0.25) is 4.99 Å². The van der Waals surface area contributed by atoms with E-state index in [0.29, 0.717) is 25.5 Å². The maximum atomic E-state index is 8.36. The van der Waals surface area contributed by atoms with Crippen molar-refractivity contribution in [2.45, 2.75) is 20.3 Å². The molecule has 0 saturated carbocycles. The first-order chi connectivity index (χ1) is 5.76. The maximum Gasteiger partial charge on any atom is 0.191 e. The summed E-state index contributed by atoms with van der Waals surface area (Å²) in [4.78, 5) is 5.96. The lowest BCUT2D eigenvalue weighted by atomic mass is 10.4. The average molecular weight is 168 g/mol. The summed E-state index contributed by atoms with van der Waals surface area (Å²) < 4.78 is 0. The van der Waals surface area contributed by atoms with Gasteiger partial charge in [-0.15, -0.1) is 0 Å². The largest absolute Gasteiger partial charge is 0.370 e. The van der Waals surface area contributed by atoms with Crippen LogP contribution in [0.25, 0.3) is 0 Å². The molecule has 0 saturated heterocycles. The van der Waals surface area contributed by atoms with Crippen LogP contribution in [0.1, 0.15) is 20.3 Å². The highest BCUT2D eigenvalue weighted by molar-refractivity contribution is 5.77. The van der Waals surface area contributed by atoms with Gasteiger partial charge >= 0.3 is 0 Å². The molecule has 0 aromatic rings. The number of nitriles is 1. The Morgan fingerprint density at radius 1 is 1.58 bits per heavy atom. The molecule has 0 aliphatic carbocycles. The summed E-state index contributed by atoms with van der Waals surface area (Å²) in [6, 6.07) is 2.08. The number of rotatable bonds is 4. The van der Waals surface area contributed by atoms with Crippen molar-refractivity contribution in [3.05, 3.63) is 0 Å². The number of guanidine groups is 1. The number of nitrogens with zero attached hydrogens (tertiary/aromatic N) is 3. The van der Waals surface area contributed by atoms with E-state index in [9.17, 15) is 0 Å².